The Bertz CT molecular complexity index is 883. The Morgan fingerprint density at radius 3 is 2.61 bits per heavy atom. The number of hydrogen-bond acceptors (Lipinski definition) is 5. The lowest BCUT2D eigenvalue weighted by Gasteiger charge is -2.29. The van der Waals surface area contributed by atoms with Gasteiger partial charge in [-0.3, -0.25) is 4.90 Å². The van der Waals surface area contributed by atoms with Gasteiger partial charge in [0.2, 0.25) is 0 Å². The van der Waals surface area contributed by atoms with Gasteiger partial charge in [0.25, 0.3) is 0 Å². The van der Waals surface area contributed by atoms with Crippen molar-refractivity contribution in [1.82, 2.24) is 4.90 Å². The summed E-state index contributed by atoms with van der Waals surface area (Å²) in [5.74, 6) is -0.280. The topological polar surface area (TPSA) is 54.3 Å². The molecule has 1 aliphatic heterocycles. The molecule has 5 nitrogen and oxygen atoms in total. The van der Waals surface area contributed by atoms with Crippen molar-refractivity contribution in [1.29, 1.82) is 0 Å². The van der Waals surface area contributed by atoms with Crippen LogP contribution in [0.4, 0.5) is 4.39 Å². The maximum Gasteiger partial charge on any atom is 0.145 e. The number of ether oxygens (including phenoxy) is 1. The summed E-state index contributed by atoms with van der Waals surface area (Å²) in [5, 5.41) is 15.4. The van der Waals surface area contributed by atoms with Gasteiger partial charge in [0, 0.05) is 31.1 Å². The summed E-state index contributed by atoms with van der Waals surface area (Å²) in [6.07, 6.45) is -0.210. The van der Waals surface area contributed by atoms with Crippen LogP contribution in [-0.4, -0.2) is 53.2 Å². The third-order valence-corrected chi connectivity index (χ3v) is 5.27. The van der Waals surface area contributed by atoms with E-state index in [0.29, 0.717) is 31.1 Å². The normalized spacial score (nSPS) is 17.5. The SMILES string of the molecule is CC(C)(C)OC[C@H](O)CN(Cc1ccccc1Cl)C[C@@H]1CC(c2ccc(F)cc2)=NO1. The number of rotatable bonds is 9. The molecule has 0 aliphatic carbocycles. The zero-order valence-electron chi connectivity index (χ0n) is 18.2. The first-order valence-electron chi connectivity index (χ1n) is 10.5. The van der Waals surface area contributed by atoms with Crippen LogP contribution in [0.15, 0.2) is 53.7 Å². The highest BCUT2D eigenvalue weighted by Crippen LogP contribution is 2.21. The smallest absolute Gasteiger partial charge is 0.145 e. The lowest BCUT2D eigenvalue weighted by molar-refractivity contribution is -0.0600. The molecule has 2 atom stereocenters. The number of aliphatic hydroxyl groups is 1. The van der Waals surface area contributed by atoms with Crippen LogP contribution in [-0.2, 0) is 16.1 Å². The van der Waals surface area contributed by atoms with E-state index in [1.807, 2.05) is 45.0 Å². The molecule has 31 heavy (non-hydrogen) atoms. The second-order valence-corrected chi connectivity index (χ2v) is 9.25. The monoisotopic (exact) mass is 448 g/mol. The summed E-state index contributed by atoms with van der Waals surface area (Å²) in [6.45, 7) is 7.66. The van der Waals surface area contributed by atoms with E-state index in [0.717, 1.165) is 16.8 Å². The molecule has 0 saturated carbocycles. The molecular formula is C24H30ClFN2O3. The second-order valence-electron chi connectivity index (χ2n) is 8.84. The van der Waals surface area contributed by atoms with Gasteiger partial charge in [0.1, 0.15) is 11.9 Å². The fourth-order valence-corrected chi connectivity index (χ4v) is 3.59. The fraction of sp³-hybridized carbons (Fsp3) is 0.458. The summed E-state index contributed by atoms with van der Waals surface area (Å²) in [5.41, 5.74) is 2.30. The van der Waals surface area contributed by atoms with Crippen LogP contribution in [0.5, 0.6) is 0 Å². The summed E-state index contributed by atoms with van der Waals surface area (Å²) in [6, 6.07) is 13.9. The van der Waals surface area contributed by atoms with Crippen LogP contribution >= 0.6 is 11.6 Å². The van der Waals surface area contributed by atoms with E-state index in [1.54, 1.807) is 12.1 Å². The molecule has 7 heteroatoms. The summed E-state index contributed by atoms with van der Waals surface area (Å²) < 4.78 is 18.9. The van der Waals surface area contributed by atoms with Gasteiger partial charge in [0.05, 0.1) is 24.0 Å². The lowest BCUT2D eigenvalue weighted by atomic mass is 10.0. The van der Waals surface area contributed by atoms with Crippen molar-refractivity contribution in [2.24, 2.45) is 5.16 Å². The standard InChI is InChI=1S/C24H30ClFN2O3/c1-24(2,3)30-16-20(29)14-28(13-18-6-4-5-7-22(18)25)15-21-12-23(27-31-21)17-8-10-19(26)11-9-17/h4-11,20-21,29H,12-16H2,1-3H3/t20-,21+/m1/s1. The van der Waals surface area contributed by atoms with Crippen molar-refractivity contribution in [2.75, 3.05) is 19.7 Å². The number of hydrogen-bond donors (Lipinski definition) is 1. The summed E-state index contributed by atoms with van der Waals surface area (Å²) in [7, 11) is 0. The Morgan fingerprint density at radius 1 is 1.23 bits per heavy atom. The zero-order valence-corrected chi connectivity index (χ0v) is 19.0. The number of aliphatic hydroxyl groups excluding tert-OH is 1. The minimum Gasteiger partial charge on any atom is -0.390 e. The molecule has 1 aliphatic rings. The van der Waals surface area contributed by atoms with E-state index >= 15 is 0 Å². The molecule has 168 valence electrons. The van der Waals surface area contributed by atoms with Gasteiger partial charge < -0.3 is 14.7 Å². The third-order valence-electron chi connectivity index (χ3n) is 4.90. The quantitative estimate of drug-likeness (QED) is 0.606. The molecule has 0 aromatic heterocycles. The van der Waals surface area contributed by atoms with Crippen molar-refractivity contribution < 1.29 is 19.1 Å². The van der Waals surface area contributed by atoms with Crippen LogP contribution in [0, 0.1) is 5.82 Å². The molecule has 1 heterocycles. The Labute approximate surface area is 188 Å². The van der Waals surface area contributed by atoms with Crippen molar-refractivity contribution in [2.45, 2.75) is 51.5 Å². The number of oxime groups is 1. The van der Waals surface area contributed by atoms with Gasteiger partial charge in [-0.05, 0) is 50.1 Å². The molecule has 0 fully saturated rings. The van der Waals surface area contributed by atoms with E-state index in [4.69, 9.17) is 21.2 Å². The molecule has 0 saturated heterocycles. The van der Waals surface area contributed by atoms with Crippen molar-refractivity contribution in [3.05, 3.63) is 70.5 Å². The van der Waals surface area contributed by atoms with Crippen LogP contribution in [0.2, 0.25) is 5.02 Å². The molecule has 0 radical (unpaired) electrons. The number of nitrogens with zero attached hydrogens (tertiary/aromatic N) is 2. The van der Waals surface area contributed by atoms with Gasteiger partial charge in [-0.1, -0.05) is 47.1 Å². The van der Waals surface area contributed by atoms with E-state index in [9.17, 15) is 9.50 Å². The molecule has 2 aromatic carbocycles. The van der Waals surface area contributed by atoms with Crippen molar-refractivity contribution >= 4 is 17.3 Å². The molecule has 2 aromatic rings. The summed E-state index contributed by atoms with van der Waals surface area (Å²) >= 11 is 6.36. The molecule has 1 N–H and O–H groups in total. The van der Waals surface area contributed by atoms with Gasteiger partial charge in [0.15, 0.2) is 0 Å². The highest BCUT2D eigenvalue weighted by molar-refractivity contribution is 6.31. The van der Waals surface area contributed by atoms with E-state index < -0.39 is 6.10 Å². The lowest BCUT2D eigenvalue weighted by Crippen LogP contribution is -2.40. The van der Waals surface area contributed by atoms with Crippen molar-refractivity contribution in [3.63, 3.8) is 0 Å². The molecule has 0 bridgehead atoms. The Balaban J connectivity index is 1.63. The molecule has 0 amide bonds. The highest BCUT2D eigenvalue weighted by Gasteiger charge is 2.26. The maximum absolute atomic E-state index is 13.2. The minimum atomic E-state index is -0.652. The van der Waals surface area contributed by atoms with E-state index in [1.165, 1.54) is 12.1 Å². The van der Waals surface area contributed by atoms with Crippen LogP contribution < -0.4 is 0 Å². The number of halogens is 2. The molecule has 3 rings (SSSR count). The average molecular weight is 449 g/mol. The van der Waals surface area contributed by atoms with Crippen molar-refractivity contribution in [3.8, 4) is 0 Å². The van der Waals surface area contributed by atoms with Gasteiger partial charge >= 0.3 is 0 Å². The Kier molecular flexibility index (Phi) is 8.06. The predicted molar refractivity (Wildman–Crippen MR) is 121 cm³/mol. The first-order chi connectivity index (χ1) is 14.7. The van der Waals surface area contributed by atoms with Crippen LogP contribution in [0.25, 0.3) is 0 Å². The average Bonchev–Trinajstić information content (AvgIpc) is 3.16. The minimum absolute atomic E-state index is 0.168. The van der Waals surface area contributed by atoms with Crippen LogP contribution in [0.3, 0.4) is 0 Å². The maximum atomic E-state index is 13.2. The Morgan fingerprint density at radius 2 is 1.94 bits per heavy atom. The fourth-order valence-electron chi connectivity index (χ4n) is 3.40. The first-order valence-corrected chi connectivity index (χ1v) is 10.8. The van der Waals surface area contributed by atoms with E-state index in [-0.39, 0.29) is 24.1 Å². The third kappa shape index (κ3) is 7.58. The molecular weight excluding hydrogens is 419 g/mol. The summed E-state index contributed by atoms with van der Waals surface area (Å²) in [4.78, 5) is 7.75. The first kappa shape index (κ1) is 23.7. The molecule has 0 unspecified atom stereocenters. The largest absolute Gasteiger partial charge is 0.390 e. The zero-order chi connectivity index (χ0) is 22.4. The number of benzene rings is 2. The predicted octanol–water partition coefficient (Wildman–Crippen LogP) is 4.65. The van der Waals surface area contributed by atoms with Gasteiger partial charge in [-0.2, -0.15) is 0 Å². The van der Waals surface area contributed by atoms with E-state index in [2.05, 4.69) is 10.1 Å². The molecule has 0 spiro atoms. The van der Waals surface area contributed by atoms with Gasteiger partial charge in [-0.25, -0.2) is 4.39 Å². The Hall–Kier alpha value is -1.99. The van der Waals surface area contributed by atoms with Crippen LogP contribution in [0.1, 0.15) is 38.3 Å². The van der Waals surface area contributed by atoms with Gasteiger partial charge in [-0.15, -0.1) is 0 Å². The second kappa shape index (κ2) is 10.6. The highest BCUT2D eigenvalue weighted by atomic mass is 35.5.